The third-order valence-electron chi connectivity index (χ3n) is 1.74. The molecule has 0 spiro atoms. The average molecular weight is 124 g/mol. The first kappa shape index (κ1) is 6.33. The lowest BCUT2D eigenvalue weighted by Gasteiger charge is -2.21. The van der Waals surface area contributed by atoms with Gasteiger partial charge in [-0.25, -0.2) is 0 Å². The summed E-state index contributed by atoms with van der Waals surface area (Å²) in [7, 11) is 2.07. The fraction of sp³-hybridized carbons (Fsp3) is 0.571. The zero-order valence-corrected chi connectivity index (χ0v) is 6.18. The van der Waals surface area contributed by atoms with E-state index in [0.29, 0.717) is 0 Å². The summed E-state index contributed by atoms with van der Waals surface area (Å²) in [5, 5.41) is 0. The Labute approximate surface area is 55.9 Å². The first-order valence-electron chi connectivity index (χ1n) is 3.13. The van der Waals surface area contributed by atoms with Crippen LogP contribution in [0.5, 0.6) is 0 Å². The van der Waals surface area contributed by atoms with Crippen LogP contribution in [0.4, 0.5) is 0 Å². The molecule has 1 heterocycles. The summed E-state index contributed by atoms with van der Waals surface area (Å²) in [6.07, 6.45) is 1.93. The normalized spacial score (nSPS) is 19.2. The van der Waals surface area contributed by atoms with Gasteiger partial charge in [-0.3, -0.25) is 4.99 Å². The maximum absolute atomic E-state index is 4.17. The summed E-state index contributed by atoms with van der Waals surface area (Å²) < 4.78 is 0. The predicted molar refractivity (Wildman–Crippen MR) is 39.5 cm³/mol. The minimum Gasteiger partial charge on any atom is -0.371 e. The fourth-order valence-corrected chi connectivity index (χ4v) is 0.807. The van der Waals surface area contributed by atoms with E-state index < -0.39 is 0 Å². The van der Waals surface area contributed by atoms with Crippen LogP contribution in [0.1, 0.15) is 13.8 Å². The van der Waals surface area contributed by atoms with Crippen LogP contribution in [0.2, 0.25) is 0 Å². The van der Waals surface area contributed by atoms with Crippen LogP contribution in [-0.2, 0) is 0 Å². The molecule has 0 amide bonds. The Balaban J connectivity index is 2.83. The fourth-order valence-electron chi connectivity index (χ4n) is 0.807. The van der Waals surface area contributed by atoms with Crippen LogP contribution < -0.4 is 0 Å². The van der Waals surface area contributed by atoms with E-state index in [9.17, 15) is 0 Å². The van der Waals surface area contributed by atoms with Gasteiger partial charge in [0, 0.05) is 19.0 Å². The van der Waals surface area contributed by atoms with Crippen molar-refractivity contribution < 1.29 is 0 Å². The van der Waals surface area contributed by atoms with Gasteiger partial charge in [0.1, 0.15) is 0 Å². The highest BCUT2D eigenvalue weighted by Gasteiger charge is 2.03. The highest BCUT2D eigenvalue weighted by Crippen LogP contribution is 2.10. The first-order valence-corrected chi connectivity index (χ1v) is 3.13. The minimum absolute atomic E-state index is 0.948. The lowest BCUT2D eigenvalue weighted by atomic mass is 10.3. The van der Waals surface area contributed by atoms with Crippen molar-refractivity contribution >= 4 is 6.21 Å². The Morgan fingerprint density at radius 1 is 1.56 bits per heavy atom. The van der Waals surface area contributed by atoms with Crippen LogP contribution in [0.15, 0.2) is 16.4 Å². The summed E-state index contributed by atoms with van der Waals surface area (Å²) >= 11 is 0. The number of aliphatic imine (C=N–C) groups is 1. The van der Waals surface area contributed by atoms with Gasteiger partial charge in [-0.2, -0.15) is 0 Å². The third kappa shape index (κ3) is 1.12. The highest BCUT2D eigenvalue weighted by molar-refractivity contribution is 5.63. The van der Waals surface area contributed by atoms with E-state index in [1.54, 1.807) is 0 Å². The number of nitrogens with zero attached hydrogens (tertiary/aromatic N) is 2. The predicted octanol–water partition coefficient (Wildman–Crippen LogP) is 1.25. The first-order chi connectivity index (χ1) is 4.22. The van der Waals surface area contributed by atoms with E-state index in [2.05, 4.69) is 23.9 Å². The van der Waals surface area contributed by atoms with Crippen molar-refractivity contribution in [3.05, 3.63) is 11.4 Å². The molecule has 0 saturated carbocycles. The van der Waals surface area contributed by atoms with Crippen molar-refractivity contribution in [1.29, 1.82) is 0 Å². The van der Waals surface area contributed by atoms with E-state index >= 15 is 0 Å². The minimum atomic E-state index is 0.948. The number of rotatable bonds is 0. The summed E-state index contributed by atoms with van der Waals surface area (Å²) in [5.41, 5.74) is 2.40. The van der Waals surface area contributed by atoms with Gasteiger partial charge in [0.15, 0.2) is 0 Å². The molecule has 0 atom stereocenters. The Bertz CT molecular complexity index is 168. The van der Waals surface area contributed by atoms with Gasteiger partial charge in [-0.1, -0.05) is 0 Å². The van der Waals surface area contributed by atoms with E-state index in [4.69, 9.17) is 0 Å². The highest BCUT2D eigenvalue weighted by atomic mass is 15.1. The molecular weight excluding hydrogens is 112 g/mol. The summed E-state index contributed by atoms with van der Waals surface area (Å²) in [4.78, 5) is 6.36. The van der Waals surface area contributed by atoms with Gasteiger partial charge >= 0.3 is 0 Å². The van der Waals surface area contributed by atoms with Crippen molar-refractivity contribution in [3.63, 3.8) is 0 Å². The molecule has 50 valence electrons. The number of allylic oxidation sites excluding steroid dienone is 2. The second-order valence-corrected chi connectivity index (χ2v) is 2.36. The summed E-state index contributed by atoms with van der Waals surface area (Å²) in [6, 6.07) is 0. The molecule has 0 radical (unpaired) electrons. The van der Waals surface area contributed by atoms with Crippen molar-refractivity contribution in [3.8, 4) is 0 Å². The maximum Gasteiger partial charge on any atom is 0.0557 e. The van der Waals surface area contributed by atoms with Crippen LogP contribution in [-0.4, -0.2) is 24.7 Å². The molecule has 2 nitrogen and oxygen atoms in total. The largest absolute Gasteiger partial charge is 0.371 e. The van der Waals surface area contributed by atoms with Crippen LogP contribution in [0, 0.1) is 0 Å². The van der Waals surface area contributed by atoms with Crippen molar-refractivity contribution in [2.75, 3.05) is 13.6 Å². The monoisotopic (exact) mass is 124 g/mol. The number of hydrogen-bond acceptors (Lipinski definition) is 2. The molecule has 0 aliphatic carbocycles. The van der Waals surface area contributed by atoms with Gasteiger partial charge in [0.05, 0.1) is 12.2 Å². The maximum atomic E-state index is 4.17. The van der Waals surface area contributed by atoms with E-state index in [0.717, 1.165) is 12.2 Å². The molecule has 1 aliphatic heterocycles. The molecular formula is C7H12N2. The van der Waals surface area contributed by atoms with Crippen molar-refractivity contribution in [2.45, 2.75) is 13.8 Å². The Morgan fingerprint density at radius 3 is 2.67 bits per heavy atom. The lowest BCUT2D eigenvalue weighted by molar-refractivity contribution is 0.468. The van der Waals surface area contributed by atoms with E-state index in [1.165, 1.54) is 5.70 Å². The molecule has 0 aromatic heterocycles. The standard InChI is InChI=1S/C7H12N2/c1-6-7(2)9(3)5-4-8-6/h4H,5H2,1-3H3. The smallest absolute Gasteiger partial charge is 0.0557 e. The molecule has 1 rings (SSSR count). The Kier molecular flexibility index (Phi) is 1.56. The van der Waals surface area contributed by atoms with Crippen LogP contribution >= 0.6 is 0 Å². The second-order valence-electron chi connectivity index (χ2n) is 2.36. The third-order valence-corrected chi connectivity index (χ3v) is 1.74. The topological polar surface area (TPSA) is 15.6 Å². The zero-order chi connectivity index (χ0) is 6.85. The quantitative estimate of drug-likeness (QED) is 0.474. The van der Waals surface area contributed by atoms with Crippen molar-refractivity contribution in [1.82, 2.24) is 4.90 Å². The average Bonchev–Trinajstić information content (AvgIpc) is 1.83. The number of hydrogen-bond donors (Lipinski definition) is 0. The van der Waals surface area contributed by atoms with Crippen molar-refractivity contribution in [2.24, 2.45) is 4.99 Å². The van der Waals surface area contributed by atoms with Crippen LogP contribution in [0.25, 0.3) is 0 Å². The molecule has 9 heavy (non-hydrogen) atoms. The van der Waals surface area contributed by atoms with Gasteiger partial charge in [-0.15, -0.1) is 0 Å². The second kappa shape index (κ2) is 2.21. The molecule has 0 unspecified atom stereocenters. The van der Waals surface area contributed by atoms with Crippen LogP contribution in [0.3, 0.4) is 0 Å². The Hall–Kier alpha value is -0.790. The summed E-state index contributed by atoms with van der Waals surface area (Å²) in [6.45, 7) is 5.07. The van der Waals surface area contributed by atoms with Gasteiger partial charge < -0.3 is 4.90 Å². The lowest BCUT2D eigenvalue weighted by Crippen LogP contribution is -2.22. The van der Waals surface area contributed by atoms with Gasteiger partial charge in [0.25, 0.3) is 0 Å². The van der Waals surface area contributed by atoms with Gasteiger partial charge in [-0.05, 0) is 13.8 Å². The molecule has 0 saturated heterocycles. The Morgan fingerprint density at radius 2 is 2.22 bits per heavy atom. The molecule has 2 heteroatoms. The van der Waals surface area contributed by atoms with E-state index in [1.807, 2.05) is 13.1 Å². The molecule has 0 aromatic rings. The SMILES string of the molecule is CC1=C(C)N(C)CC=N1. The summed E-state index contributed by atoms with van der Waals surface area (Å²) in [5.74, 6) is 0. The molecule has 0 fully saturated rings. The molecule has 0 N–H and O–H groups in total. The molecule has 0 aromatic carbocycles. The van der Waals surface area contributed by atoms with E-state index in [-0.39, 0.29) is 0 Å². The molecule has 0 bridgehead atoms. The zero-order valence-electron chi connectivity index (χ0n) is 6.18. The molecule has 1 aliphatic rings. The van der Waals surface area contributed by atoms with Gasteiger partial charge in [0.2, 0.25) is 0 Å².